The van der Waals surface area contributed by atoms with Crippen LogP contribution in [0.3, 0.4) is 0 Å². The molecule has 7 heteroatoms. The molecular weight excluding hydrogens is 364 g/mol. The number of fused-ring (bicyclic) bond motifs is 1. The monoisotopic (exact) mass is 378 g/mol. The van der Waals surface area contributed by atoms with Crippen molar-refractivity contribution in [2.75, 3.05) is 5.75 Å². The molecule has 0 amide bonds. The number of aromatic nitrogens is 2. The van der Waals surface area contributed by atoms with Crippen molar-refractivity contribution in [3.8, 4) is 12.1 Å². The van der Waals surface area contributed by atoms with Crippen LogP contribution in [0.2, 0.25) is 0 Å². The van der Waals surface area contributed by atoms with Crippen LogP contribution in [0, 0.1) is 36.5 Å². The van der Waals surface area contributed by atoms with Crippen LogP contribution in [0.5, 0.6) is 0 Å². The van der Waals surface area contributed by atoms with Crippen LogP contribution >= 0.6 is 23.1 Å². The number of benzene rings is 1. The van der Waals surface area contributed by atoms with Crippen molar-refractivity contribution < 1.29 is 5.11 Å². The van der Waals surface area contributed by atoms with Crippen LogP contribution in [0.4, 0.5) is 0 Å². The van der Waals surface area contributed by atoms with E-state index in [2.05, 4.69) is 16.0 Å². The predicted molar refractivity (Wildman–Crippen MR) is 104 cm³/mol. The summed E-state index contributed by atoms with van der Waals surface area (Å²) in [4.78, 5) is 8.80. The third-order valence-corrected chi connectivity index (χ3v) is 5.72. The van der Waals surface area contributed by atoms with Crippen molar-refractivity contribution in [3.05, 3.63) is 57.9 Å². The number of hydrogen-bond donors (Lipinski definition) is 1. The maximum atomic E-state index is 10.4. The maximum absolute atomic E-state index is 10.4. The quantitative estimate of drug-likeness (QED) is 0.399. The molecule has 1 aromatic carbocycles. The summed E-state index contributed by atoms with van der Waals surface area (Å²) in [6, 6.07) is 13.6. The first-order valence-corrected chi connectivity index (χ1v) is 9.53. The van der Waals surface area contributed by atoms with Gasteiger partial charge in [0.15, 0.2) is 0 Å². The molecule has 3 aromatic rings. The summed E-state index contributed by atoms with van der Waals surface area (Å²) in [6.07, 6.45) is 0. The molecule has 2 heterocycles. The SMILES string of the molecule is Cc1cc(C)c(C#N)c(SC/C(O)=C(\C#N)c2nc3ccccc3s2)n1. The Labute approximate surface area is 159 Å². The van der Waals surface area contributed by atoms with Crippen LogP contribution in [0.15, 0.2) is 41.1 Å². The standard InChI is InChI=1S/C19H14N4OS2/c1-11-7-12(2)22-18(13(11)8-20)25-10-16(24)14(9-21)19-23-15-5-3-4-6-17(15)26-19/h3-7,24H,10H2,1-2H3/b16-14-. The third kappa shape index (κ3) is 3.55. The number of aliphatic hydroxyl groups is 1. The molecule has 128 valence electrons. The highest BCUT2D eigenvalue weighted by atomic mass is 32.2. The summed E-state index contributed by atoms with van der Waals surface area (Å²) in [7, 11) is 0. The molecular formula is C19H14N4OS2. The molecule has 0 atom stereocenters. The summed E-state index contributed by atoms with van der Waals surface area (Å²) < 4.78 is 0.957. The van der Waals surface area contributed by atoms with Gasteiger partial charge in [0.05, 0.1) is 21.5 Å². The lowest BCUT2D eigenvalue weighted by Gasteiger charge is -2.07. The zero-order valence-corrected chi connectivity index (χ0v) is 15.8. The summed E-state index contributed by atoms with van der Waals surface area (Å²) in [5.41, 5.74) is 3.09. The number of allylic oxidation sites excluding steroid dienone is 1. The Morgan fingerprint density at radius 1 is 1.23 bits per heavy atom. The molecule has 26 heavy (non-hydrogen) atoms. The molecule has 2 aromatic heterocycles. The number of nitriles is 2. The van der Waals surface area contributed by atoms with Crippen LogP contribution in [-0.2, 0) is 0 Å². The van der Waals surface area contributed by atoms with Crippen molar-refractivity contribution >= 4 is 38.9 Å². The van der Waals surface area contributed by atoms with Gasteiger partial charge in [0.1, 0.15) is 33.5 Å². The van der Waals surface area contributed by atoms with Gasteiger partial charge in [0.2, 0.25) is 0 Å². The lowest BCUT2D eigenvalue weighted by molar-refractivity contribution is 0.421. The average molecular weight is 378 g/mol. The van der Waals surface area contributed by atoms with Crippen molar-refractivity contribution in [1.82, 2.24) is 9.97 Å². The van der Waals surface area contributed by atoms with E-state index in [1.807, 2.05) is 50.2 Å². The normalized spacial score (nSPS) is 11.7. The Morgan fingerprint density at radius 3 is 2.69 bits per heavy atom. The minimum absolute atomic E-state index is 0.0681. The first kappa shape index (κ1) is 17.9. The topological polar surface area (TPSA) is 93.6 Å². The number of nitrogens with zero attached hydrogens (tertiary/aromatic N) is 4. The first-order chi connectivity index (χ1) is 12.5. The number of thiazole rings is 1. The van der Waals surface area contributed by atoms with Crippen LogP contribution < -0.4 is 0 Å². The number of hydrogen-bond acceptors (Lipinski definition) is 7. The second-order valence-electron chi connectivity index (χ2n) is 5.58. The van der Waals surface area contributed by atoms with Gasteiger partial charge in [-0.3, -0.25) is 0 Å². The second kappa shape index (κ2) is 7.57. The molecule has 0 bridgehead atoms. The molecule has 0 spiro atoms. The zero-order chi connectivity index (χ0) is 18.7. The summed E-state index contributed by atoms with van der Waals surface area (Å²) in [5.74, 6) is 0.0741. The van der Waals surface area contributed by atoms with Crippen molar-refractivity contribution in [2.45, 2.75) is 18.9 Å². The van der Waals surface area contributed by atoms with E-state index >= 15 is 0 Å². The minimum atomic E-state index is -0.0681. The molecule has 0 saturated heterocycles. The fourth-order valence-corrected chi connectivity index (χ4v) is 4.43. The second-order valence-corrected chi connectivity index (χ2v) is 7.58. The van der Waals surface area contributed by atoms with E-state index in [-0.39, 0.29) is 17.1 Å². The summed E-state index contributed by atoms with van der Waals surface area (Å²) >= 11 is 2.60. The van der Waals surface area contributed by atoms with Crippen LogP contribution in [-0.4, -0.2) is 20.8 Å². The molecule has 0 aliphatic rings. The Hall–Kier alpha value is -2.87. The van der Waals surface area contributed by atoms with E-state index in [0.717, 1.165) is 21.5 Å². The average Bonchev–Trinajstić information content (AvgIpc) is 3.03. The fraction of sp³-hybridized carbons (Fsp3) is 0.158. The van der Waals surface area contributed by atoms with Crippen molar-refractivity contribution in [1.29, 1.82) is 10.5 Å². The third-order valence-electron chi connectivity index (χ3n) is 3.68. The molecule has 5 nitrogen and oxygen atoms in total. The predicted octanol–water partition coefficient (Wildman–Crippen LogP) is 4.76. The van der Waals surface area contributed by atoms with E-state index in [0.29, 0.717) is 15.6 Å². The summed E-state index contributed by atoms with van der Waals surface area (Å²) in [5, 5.41) is 30.3. The van der Waals surface area contributed by atoms with Gasteiger partial charge >= 0.3 is 0 Å². The van der Waals surface area contributed by atoms with Gasteiger partial charge in [0, 0.05) is 5.69 Å². The molecule has 0 saturated carbocycles. The highest BCUT2D eigenvalue weighted by Crippen LogP contribution is 2.30. The van der Waals surface area contributed by atoms with E-state index < -0.39 is 0 Å². The van der Waals surface area contributed by atoms with Gasteiger partial charge in [-0.1, -0.05) is 23.9 Å². The fourth-order valence-electron chi connectivity index (χ4n) is 2.47. The molecule has 1 N–H and O–H groups in total. The highest BCUT2D eigenvalue weighted by Gasteiger charge is 2.16. The van der Waals surface area contributed by atoms with Crippen molar-refractivity contribution in [2.24, 2.45) is 0 Å². The van der Waals surface area contributed by atoms with Gasteiger partial charge in [0.25, 0.3) is 0 Å². The number of aryl methyl sites for hydroxylation is 2. The van der Waals surface area contributed by atoms with E-state index in [4.69, 9.17) is 0 Å². The van der Waals surface area contributed by atoms with E-state index in [9.17, 15) is 15.6 Å². The van der Waals surface area contributed by atoms with Crippen LogP contribution in [0.1, 0.15) is 21.8 Å². The largest absolute Gasteiger partial charge is 0.510 e. The smallest absolute Gasteiger partial charge is 0.138 e. The van der Waals surface area contributed by atoms with Gasteiger partial charge in [-0.25, -0.2) is 9.97 Å². The van der Waals surface area contributed by atoms with Gasteiger partial charge in [-0.15, -0.1) is 11.3 Å². The molecule has 0 radical (unpaired) electrons. The Kier molecular flexibility index (Phi) is 5.22. The van der Waals surface area contributed by atoms with Gasteiger partial charge in [-0.05, 0) is 37.6 Å². The minimum Gasteiger partial charge on any atom is -0.510 e. The molecule has 0 unspecified atom stereocenters. The van der Waals surface area contributed by atoms with Gasteiger partial charge < -0.3 is 5.11 Å². The zero-order valence-electron chi connectivity index (χ0n) is 14.1. The van der Waals surface area contributed by atoms with E-state index in [1.165, 1.54) is 23.1 Å². The number of pyridine rings is 1. The van der Waals surface area contributed by atoms with Gasteiger partial charge in [-0.2, -0.15) is 10.5 Å². The highest BCUT2D eigenvalue weighted by molar-refractivity contribution is 7.99. The Balaban J connectivity index is 1.91. The first-order valence-electron chi connectivity index (χ1n) is 7.72. The number of para-hydroxylation sites is 1. The van der Waals surface area contributed by atoms with E-state index in [1.54, 1.807) is 0 Å². The molecule has 0 aliphatic heterocycles. The molecule has 3 rings (SSSR count). The number of rotatable bonds is 4. The summed E-state index contributed by atoms with van der Waals surface area (Å²) in [6.45, 7) is 3.71. The lowest BCUT2D eigenvalue weighted by atomic mass is 10.1. The Bertz CT molecular complexity index is 1070. The molecule has 0 aliphatic carbocycles. The number of aliphatic hydroxyl groups excluding tert-OH is 1. The maximum Gasteiger partial charge on any atom is 0.138 e. The Morgan fingerprint density at radius 2 is 2.00 bits per heavy atom. The molecule has 0 fully saturated rings. The van der Waals surface area contributed by atoms with Crippen LogP contribution in [0.25, 0.3) is 15.8 Å². The van der Waals surface area contributed by atoms with Crippen molar-refractivity contribution in [3.63, 3.8) is 0 Å². The lowest BCUT2D eigenvalue weighted by Crippen LogP contribution is -1.97. The number of thioether (sulfide) groups is 1.